The van der Waals surface area contributed by atoms with Crippen molar-refractivity contribution < 1.29 is 14.6 Å². The van der Waals surface area contributed by atoms with E-state index >= 15 is 0 Å². The Balaban J connectivity index is 2.80. The maximum absolute atomic E-state index is 10.8. The van der Waals surface area contributed by atoms with Crippen LogP contribution in [0.3, 0.4) is 0 Å². The number of rotatable bonds is 6. The van der Waals surface area contributed by atoms with Crippen molar-refractivity contribution in [2.75, 3.05) is 7.11 Å². The predicted molar refractivity (Wildman–Crippen MR) is 63.2 cm³/mol. The lowest BCUT2D eigenvalue weighted by atomic mass is 10.0. The van der Waals surface area contributed by atoms with Gasteiger partial charge >= 0.3 is 5.97 Å². The number of unbranched alkanes of at least 4 members (excludes halogenated alkanes) is 2. The molecule has 3 heteroatoms. The first-order chi connectivity index (χ1) is 7.69. The molecular weight excluding hydrogens is 204 g/mol. The third-order valence-corrected chi connectivity index (χ3v) is 2.58. The molecule has 0 aliphatic rings. The molecule has 1 rings (SSSR count). The number of benzene rings is 1. The summed E-state index contributed by atoms with van der Waals surface area (Å²) in [5.41, 5.74) is 1.36. The normalized spacial score (nSPS) is 10.1. The minimum absolute atomic E-state index is 0.274. The monoisotopic (exact) mass is 222 g/mol. The van der Waals surface area contributed by atoms with Gasteiger partial charge in [-0.3, -0.25) is 0 Å². The van der Waals surface area contributed by atoms with E-state index in [4.69, 9.17) is 9.84 Å². The zero-order valence-corrected chi connectivity index (χ0v) is 9.82. The molecule has 0 aliphatic carbocycles. The first kappa shape index (κ1) is 12.6. The van der Waals surface area contributed by atoms with Crippen LogP contribution in [0.15, 0.2) is 18.2 Å². The molecule has 0 spiro atoms. The molecule has 88 valence electrons. The number of carboxylic acid groups (broad SMARTS) is 1. The minimum Gasteiger partial charge on any atom is -0.496 e. The van der Waals surface area contributed by atoms with Crippen LogP contribution >= 0.6 is 0 Å². The van der Waals surface area contributed by atoms with Crippen LogP contribution < -0.4 is 4.74 Å². The summed E-state index contributed by atoms with van der Waals surface area (Å²) in [5.74, 6) is -0.241. The lowest BCUT2D eigenvalue weighted by Crippen LogP contribution is -1.99. The van der Waals surface area contributed by atoms with Crippen LogP contribution in [-0.4, -0.2) is 18.2 Å². The lowest BCUT2D eigenvalue weighted by Gasteiger charge is -2.09. The minimum atomic E-state index is -0.918. The number of carbonyl (C=O) groups is 1. The first-order valence-corrected chi connectivity index (χ1v) is 5.59. The molecule has 0 amide bonds. The Morgan fingerprint density at radius 2 is 2.12 bits per heavy atom. The Morgan fingerprint density at radius 3 is 2.69 bits per heavy atom. The summed E-state index contributed by atoms with van der Waals surface area (Å²) >= 11 is 0. The predicted octanol–water partition coefficient (Wildman–Crippen LogP) is 3.13. The van der Waals surface area contributed by atoms with Crippen LogP contribution in [0, 0.1) is 0 Å². The Bertz CT molecular complexity index is 358. The van der Waals surface area contributed by atoms with E-state index in [0.717, 1.165) is 18.4 Å². The lowest BCUT2D eigenvalue weighted by molar-refractivity contribution is 0.0696. The molecule has 16 heavy (non-hydrogen) atoms. The molecule has 0 aliphatic heterocycles. The van der Waals surface area contributed by atoms with E-state index in [1.54, 1.807) is 19.2 Å². The number of hydrogen-bond donors (Lipinski definition) is 1. The molecular formula is C13H18O3. The Kier molecular flexibility index (Phi) is 4.83. The maximum Gasteiger partial charge on any atom is 0.335 e. The average Bonchev–Trinajstić information content (AvgIpc) is 2.29. The molecule has 0 radical (unpaired) electrons. The number of hydrogen-bond acceptors (Lipinski definition) is 2. The van der Waals surface area contributed by atoms with Gasteiger partial charge in [-0.15, -0.1) is 0 Å². The molecule has 0 aromatic heterocycles. The Morgan fingerprint density at radius 1 is 1.38 bits per heavy atom. The number of methoxy groups -OCH3 is 1. The van der Waals surface area contributed by atoms with Crippen LogP contribution in [0.5, 0.6) is 5.75 Å². The van der Waals surface area contributed by atoms with E-state index in [1.807, 2.05) is 6.07 Å². The topological polar surface area (TPSA) is 46.5 Å². The van der Waals surface area contributed by atoms with Crippen molar-refractivity contribution in [1.82, 2.24) is 0 Å². The van der Waals surface area contributed by atoms with E-state index in [2.05, 4.69) is 6.92 Å². The molecule has 1 aromatic rings. The van der Waals surface area contributed by atoms with Crippen molar-refractivity contribution in [3.05, 3.63) is 29.3 Å². The summed E-state index contributed by atoms with van der Waals surface area (Å²) in [6, 6.07) is 5.06. The molecule has 0 bridgehead atoms. The second-order valence-electron chi connectivity index (χ2n) is 3.79. The van der Waals surface area contributed by atoms with Crippen molar-refractivity contribution in [2.24, 2.45) is 0 Å². The highest BCUT2D eigenvalue weighted by Crippen LogP contribution is 2.22. The largest absolute Gasteiger partial charge is 0.496 e. The van der Waals surface area contributed by atoms with Gasteiger partial charge in [0.05, 0.1) is 12.7 Å². The van der Waals surface area contributed by atoms with E-state index in [-0.39, 0.29) is 5.56 Å². The number of carboxylic acids is 1. The molecule has 0 fully saturated rings. The summed E-state index contributed by atoms with van der Waals surface area (Å²) in [4.78, 5) is 10.8. The molecule has 0 saturated heterocycles. The fraction of sp³-hybridized carbons (Fsp3) is 0.462. The molecule has 0 saturated carbocycles. The molecule has 0 unspecified atom stereocenters. The average molecular weight is 222 g/mol. The molecule has 0 heterocycles. The summed E-state index contributed by atoms with van der Waals surface area (Å²) in [7, 11) is 1.57. The van der Waals surface area contributed by atoms with Gasteiger partial charge in [-0.2, -0.15) is 0 Å². The molecule has 1 N–H and O–H groups in total. The Hall–Kier alpha value is -1.51. The highest BCUT2D eigenvalue weighted by atomic mass is 16.5. The highest BCUT2D eigenvalue weighted by Gasteiger charge is 2.08. The maximum atomic E-state index is 10.8. The Labute approximate surface area is 96.1 Å². The second-order valence-corrected chi connectivity index (χ2v) is 3.79. The van der Waals surface area contributed by atoms with E-state index < -0.39 is 5.97 Å². The van der Waals surface area contributed by atoms with E-state index in [0.29, 0.717) is 5.75 Å². The third-order valence-electron chi connectivity index (χ3n) is 2.58. The summed E-state index contributed by atoms with van der Waals surface area (Å²) in [6.45, 7) is 2.16. The highest BCUT2D eigenvalue weighted by molar-refractivity contribution is 5.88. The summed E-state index contributed by atoms with van der Waals surface area (Å²) in [5, 5.41) is 8.85. The molecule has 0 atom stereocenters. The van der Waals surface area contributed by atoms with Gasteiger partial charge in [-0.25, -0.2) is 4.79 Å². The molecule has 3 nitrogen and oxygen atoms in total. The van der Waals surface area contributed by atoms with Crippen molar-refractivity contribution in [2.45, 2.75) is 32.6 Å². The van der Waals surface area contributed by atoms with Gasteiger partial charge in [0.15, 0.2) is 0 Å². The smallest absolute Gasteiger partial charge is 0.335 e. The van der Waals surface area contributed by atoms with Crippen LogP contribution in [0.25, 0.3) is 0 Å². The van der Waals surface area contributed by atoms with E-state index in [9.17, 15) is 4.79 Å². The van der Waals surface area contributed by atoms with Crippen LogP contribution in [0.2, 0.25) is 0 Å². The van der Waals surface area contributed by atoms with Crippen molar-refractivity contribution in [3.8, 4) is 5.75 Å². The zero-order chi connectivity index (χ0) is 12.0. The fourth-order valence-corrected chi connectivity index (χ4v) is 1.65. The number of aromatic carboxylic acids is 1. The van der Waals surface area contributed by atoms with Gasteiger partial charge in [0, 0.05) is 0 Å². The number of aryl methyl sites for hydroxylation is 1. The van der Waals surface area contributed by atoms with Crippen molar-refractivity contribution >= 4 is 5.97 Å². The van der Waals surface area contributed by atoms with Gasteiger partial charge in [0.25, 0.3) is 0 Å². The van der Waals surface area contributed by atoms with Gasteiger partial charge in [-0.05, 0) is 30.5 Å². The van der Waals surface area contributed by atoms with Crippen LogP contribution in [-0.2, 0) is 6.42 Å². The molecule has 1 aromatic carbocycles. The van der Waals surface area contributed by atoms with Gasteiger partial charge in [-0.1, -0.05) is 25.8 Å². The van der Waals surface area contributed by atoms with Crippen LogP contribution in [0.4, 0.5) is 0 Å². The van der Waals surface area contributed by atoms with Crippen molar-refractivity contribution in [3.63, 3.8) is 0 Å². The fourth-order valence-electron chi connectivity index (χ4n) is 1.65. The summed E-state index contributed by atoms with van der Waals surface area (Å²) < 4.78 is 5.20. The quantitative estimate of drug-likeness (QED) is 0.752. The van der Waals surface area contributed by atoms with Gasteiger partial charge in [0.2, 0.25) is 0 Å². The van der Waals surface area contributed by atoms with Crippen molar-refractivity contribution in [1.29, 1.82) is 0 Å². The zero-order valence-electron chi connectivity index (χ0n) is 9.82. The number of ether oxygens (including phenoxy) is 1. The second kappa shape index (κ2) is 6.16. The SMILES string of the molecule is CCCCCc1ccc(C(=O)O)cc1OC. The van der Waals surface area contributed by atoms with Gasteiger partial charge < -0.3 is 9.84 Å². The standard InChI is InChI=1S/C13H18O3/c1-3-4-5-6-10-7-8-11(13(14)15)9-12(10)16-2/h7-9H,3-6H2,1-2H3,(H,14,15). The van der Waals surface area contributed by atoms with E-state index in [1.165, 1.54) is 12.8 Å². The first-order valence-electron chi connectivity index (χ1n) is 5.59. The summed E-state index contributed by atoms with van der Waals surface area (Å²) in [6.07, 6.45) is 4.41. The third kappa shape index (κ3) is 3.26. The van der Waals surface area contributed by atoms with Crippen LogP contribution in [0.1, 0.15) is 42.1 Å². The van der Waals surface area contributed by atoms with Gasteiger partial charge in [0.1, 0.15) is 5.75 Å².